The quantitative estimate of drug-likeness (QED) is 0.718. The summed E-state index contributed by atoms with van der Waals surface area (Å²) in [6.45, 7) is 1.41. The van der Waals surface area contributed by atoms with Gasteiger partial charge in [-0.25, -0.2) is 17.9 Å². The fourth-order valence-corrected chi connectivity index (χ4v) is 3.51. The van der Waals surface area contributed by atoms with Crippen LogP contribution in [0.15, 0.2) is 27.6 Å². The van der Waals surface area contributed by atoms with Crippen LogP contribution in [-0.2, 0) is 19.6 Å². The van der Waals surface area contributed by atoms with E-state index in [-0.39, 0.29) is 18.0 Å². The van der Waals surface area contributed by atoms with Crippen molar-refractivity contribution < 1.29 is 23.1 Å². The third-order valence-corrected chi connectivity index (χ3v) is 4.58. The molecule has 0 aliphatic heterocycles. The van der Waals surface area contributed by atoms with Crippen molar-refractivity contribution in [3.63, 3.8) is 0 Å². The first-order valence-corrected chi connectivity index (χ1v) is 7.66. The van der Waals surface area contributed by atoms with E-state index in [1.165, 1.54) is 6.07 Å². The van der Waals surface area contributed by atoms with E-state index in [1.54, 1.807) is 12.1 Å². The summed E-state index contributed by atoms with van der Waals surface area (Å²) in [6, 6.07) is 4.90. The van der Waals surface area contributed by atoms with Gasteiger partial charge in [0.25, 0.3) is 0 Å². The van der Waals surface area contributed by atoms with Gasteiger partial charge in [0.1, 0.15) is 6.61 Å². The minimum Gasteiger partial charge on any atom is -0.480 e. The van der Waals surface area contributed by atoms with Crippen LogP contribution < -0.4 is 4.72 Å². The van der Waals surface area contributed by atoms with E-state index in [2.05, 4.69) is 20.7 Å². The molecule has 0 aromatic heterocycles. The molecule has 0 radical (unpaired) electrons. The third-order valence-electron chi connectivity index (χ3n) is 2.14. The van der Waals surface area contributed by atoms with Crippen molar-refractivity contribution in [3.05, 3.63) is 28.2 Å². The summed E-state index contributed by atoms with van der Waals surface area (Å²) in [4.78, 5) is 10.3. The summed E-state index contributed by atoms with van der Waals surface area (Å²) in [5.41, 5.74) is 0.940. The predicted molar refractivity (Wildman–Crippen MR) is 72.5 cm³/mol. The number of carboxylic acid groups (broad SMARTS) is 1. The molecule has 1 aromatic carbocycles. The minimum atomic E-state index is -3.63. The molecular formula is C11H14BrNO5S. The summed E-state index contributed by atoms with van der Waals surface area (Å²) >= 11 is 3.20. The van der Waals surface area contributed by atoms with Gasteiger partial charge in [0, 0.05) is 11.0 Å². The number of ether oxygens (including phenoxy) is 1. The number of hydrogen-bond donors (Lipinski definition) is 2. The van der Waals surface area contributed by atoms with Crippen LogP contribution in [0, 0.1) is 6.92 Å². The van der Waals surface area contributed by atoms with E-state index in [9.17, 15) is 13.2 Å². The molecule has 0 aliphatic carbocycles. The average Bonchev–Trinajstić information content (AvgIpc) is 2.27. The molecule has 0 saturated carbocycles. The summed E-state index contributed by atoms with van der Waals surface area (Å²) in [6.07, 6.45) is 0. The van der Waals surface area contributed by atoms with E-state index in [0.29, 0.717) is 4.47 Å². The van der Waals surface area contributed by atoms with Gasteiger partial charge in [0.15, 0.2) is 0 Å². The Bertz CT molecular complexity index is 558. The van der Waals surface area contributed by atoms with E-state index in [0.717, 1.165) is 5.56 Å². The first-order chi connectivity index (χ1) is 8.83. The number of carbonyl (C=O) groups is 1. The smallest absolute Gasteiger partial charge is 0.329 e. The Morgan fingerprint density at radius 2 is 2.16 bits per heavy atom. The van der Waals surface area contributed by atoms with Crippen LogP contribution in [0.1, 0.15) is 5.56 Å². The molecule has 0 fully saturated rings. The highest BCUT2D eigenvalue weighted by Crippen LogP contribution is 2.22. The van der Waals surface area contributed by atoms with E-state index < -0.39 is 22.6 Å². The van der Waals surface area contributed by atoms with Crippen LogP contribution in [-0.4, -0.2) is 39.3 Å². The van der Waals surface area contributed by atoms with E-state index in [1.807, 2.05) is 6.92 Å². The number of sulfonamides is 1. The fourth-order valence-electron chi connectivity index (χ4n) is 1.31. The standard InChI is InChI=1S/C11H14BrNO5S/c1-8-2-3-10(9(12)6-8)19(16,17)13-4-5-18-7-11(14)15/h2-3,6,13H,4-5,7H2,1H3,(H,14,15). The number of nitrogens with one attached hydrogen (secondary N) is 1. The van der Waals surface area contributed by atoms with Gasteiger partial charge in [-0.2, -0.15) is 0 Å². The Morgan fingerprint density at radius 1 is 1.47 bits per heavy atom. The maximum atomic E-state index is 11.9. The van der Waals surface area contributed by atoms with Gasteiger partial charge in [0.2, 0.25) is 10.0 Å². The number of hydrogen-bond acceptors (Lipinski definition) is 4. The number of rotatable bonds is 7. The lowest BCUT2D eigenvalue weighted by Crippen LogP contribution is -2.28. The number of carboxylic acids is 1. The Balaban J connectivity index is 2.59. The van der Waals surface area contributed by atoms with Crippen molar-refractivity contribution in [1.29, 1.82) is 0 Å². The molecule has 2 N–H and O–H groups in total. The van der Waals surface area contributed by atoms with Gasteiger partial charge in [0.05, 0.1) is 11.5 Å². The SMILES string of the molecule is Cc1ccc(S(=O)(=O)NCCOCC(=O)O)c(Br)c1. The maximum absolute atomic E-state index is 11.9. The number of halogens is 1. The monoisotopic (exact) mass is 351 g/mol. The molecule has 0 aliphatic rings. The number of aliphatic carboxylic acids is 1. The van der Waals surface area contributed by atoms with Crippen molar-refractivity contribution >= 4 is 31.9 Å². The van der Waals surface area contributed by atoms with E-state index in [4.69, 9.17) is 9.84 Å². The second kappa shape index (κ2) is 6.99. The summed E-state index contributed by atoms with van der Waals surface area (Å²) in [7, 11) is -3.63. The highest BCUT2D eigenvalue weighted by Gasteiger charge is 2.16. The van der Waals surface area contributed by atoms with Crippen molar-refractivity contribution in [2.75, 3.05) is 19.8 Å². The van der Waals surface area contributed by atoms with Gasteiger partial charge < -0.3 is 9.84 Å². The summed E-state index contributed by atoms with van der Waals surface area (Å²) in [5, 5.41) is 8.34. The topological polar surface area (TPSA) is 92.7 Å². The zero-order chi connectivity index (χ0) is 14.5. The summed E-state index contributed by atoms with van der Waals surface area (Å²) in [5.74, 6) is -1.09. The van der Waals surface area contributed by atoms with Crippen LogP contribution in [0.5, 0.6) is 0 Å². The lowest BCUT2D eigenvalue weighted by molar-refractivity contribution is -0.142. The summed E-state index contributed by atoms with van der Waals surface area (Å²) < 4.78 is 31.4. The molecule has 0 unspecified atom stereocenters. The molecule has 1 rings (SSSR count). The lowest BCUT2D eigenvalue weighted by atomic mass is 10.2. The highest BCUT2D eigenvalue weighted by atomic mass is 79.9. The first kappa shape index (κ1) is 16.1. The lowest BCUT2D eigenvalue weighted by Gasteiger charge is -2.09. The maximum Gasteiger partial charge on any atom is 0.329 e. The molecular weight excluding hydrogens is 338 g/mol. The Hall–Kier alpha value is -0.960. The van der Waals surface area contributed by atoms with Crippen molar-refractivity contribution in [3.8, 4) is 0 Å². The van der Waals surface area contributed by atoms with Crippen molar-refractivity contribution in [2.45, 2.75) is 11.8 Å². The molecule has 8 heteroatoms. The van der Waals surface area contributed by atoms with Crippen molar-refractivity contribution in [1.82, 2.24) is 4.72 Å². The largest absolute Gasteiger partial charge is 0.480 e. The molecule has 0 heterocycles. The van der Waals surface area contributed by atoms with Crippen LogP contribution in [0.3, 0.4) is 0 Å². The van der Waals surface area contributed by atoms with Crippen molar-refractivity contribution in [2.24, 2.45) is 0 Å². The van der Waals surface area contributed by atoms with Gasteiger partial charge in [-0.05, 0) is 40.5 Å². The Kier molecular flexibility index (Phi) is 5.92. The molecule has 6 nitrogen and oxygen atoms in total. The second-order valence-corrected chi connectivity index (χ2v) is 6.37. The molecule has 0 amide bonds. The molecule has 0 atom stereocenters. The van der Waals surface area contributed by atoms with Crippen LogP contribution in [0.2, 0.25) is 0 Å². The fraction of sp³-hybridized carbons (Fsp3) is 0.364. The highest BCUT2D eigenvalue weighted by molar-refractivity contribution is 9.10. The van der Waals surface area contributed by atoms with Crippen LogP contribution in [0.4, 0.5) is 0 Å². The molecule has 0 bridgehead atoms. The van der Waals surface area contributed by atoms with Crippen LogP contribution in [0.25, 0.3) is 0 Å². The Morgan fingerprint density at radius 3 is 2.74 bits per heavy atom. The molecule has 1 aromatic rings. The molecule has 0 spiro atoms. The zero-order valence-electron chi connectivity index (χ0n) is 10.2. The van der Waals surface area contributed by atoms with E-state index >= 15 is 0 Å². The third kappa shape index (κ3) is 5.27. The predicted octanol–water partition coefficient (Wildman–Crippen LogP) is 1.14. The van der Waals surface area contributed by atoms with Crippen LogP contribution >= 0.6 is 15.9 Å². The minimum absolute atomic E-state index is 0.00495. The molecule has 106 valence electrons. The van der Waals surface area contributed by atoms with Gasteiger partial charge in [-0.1, -0.05) is 6.07 Å². The number of aryl methyl sites for hydroxylation is 1. The molecule has 19 heavy (non-hydrogen) atoms. The van der Waals surface area contributed by atoms with Gasteiger partial charge in [-0.15, -0.1) is 0 Å². The second-order valence-electron chi connectivity index (χ2n) is 3.78. The van der Waals surface area contributed by atoms with Gasteiger partial charge in [-0.3, -0.25) is 0 Å². The Labute approximate surface area is 120 Å². The number of benzene rings is 1. The molecule has 0 saturated heterocycles. The van der Waals surface area contributed by atoms with Gasteiger partial charge >= 0.3 is 5.97 Å². The normalized spacial score (nSPS) is 11.5. The first-order valence-electron chi connectivity index (χ1n) is 5.38. The average molecular weight is 352 g/mol. The zero-order valence-corrected chi connectivity index (χ0v) is 12.6.